The van der Waals surface area contributed by atoms with Crippen LogP contribution in [0.2, 0.25) is 10.0 Å². The summed E-state index contributed by atoms with van der Waals surface area (Å²) in [6, 6.07) is 12.1. The van der Waals surface area contributed by atoms with Gasteiger partial charge in [0.25, 0.3) is 5.56 Å². The number of H-pyrrole nitrogens is 1. The van der Waals surface area contributed by atoms with Gasteiger partial charge < -0.3 is 9.72 Å². The predicted molar refractivity (Wildman–Crippen MR) is 100.0 cm³/mol. The molecule has 0 radical (unpaired) electrons. The van der Waals surface area contributed by atoms with E-state index in [1.54, 1.807) is 24.5 Å². The van der Waals surface area contributed by atoms with Crippen LogP contribution in [-0.4, -0.2) is 9.97 Å². The fourth-order valence-electron chi connectivity index (χ4n) is 2.42. The molecule has 0 aliphatic rings. The Morgan fingerprint density at radius 3 is 2.77 bits per heavy atom. The molecule has 0 aliphatic carbocycles. The monoisotopic (exact) mass is 385 g/mol. The van der Waals surface area contributed by atoms with Gasteiger partial charge in [-0.2, -0.15) is 5.26 Å². The normalized spacial score (nSPS) is 10.3. The third kappa shape index (κ3) is 4.42. The van der Waals surface area contributed by atoms with Gasteiger partial charge in [0.15, 0.2) is 5.75 Å². The van der Waals surface area contributed by atoms with Crippen LogP contribution in [-0.2, 0) is 12.8 Å². The van der Waals surface area contributed by atoms with Gasteiger partial charge in [-0.15, -0.1) is 0 Å². The Kier molecular flexibility index (Phi) is 5.57. The first kappa shape index (κ1) is 18.0. The number of aryl methyl sites for hydroxylation is 2. The summed E-state index contributed by atoms with van der Waals surface area (Å²) in [5, 5.41) is 9.32. The molecule has 130 valence electrons. The van der Waals surface area contributed by atoms with Crippen LogP contribution in [0, 0.1) is 11.3 Å². The van der Waals surface area contributed by atoms with E-state index in [4.69, 9.17) is 33.2 Å². The Morgan fingerprint density at radius 1 is 1.19 bits per heavy atom. The van der Waals surface area contributed by atoms with Crippen molar-refractivity contribution in [3.8, 4) is 17.6 Å². The second kappa shape index (κ2) is 8.05. The van der Waals surface area contributed by atoms with E-state index in [-0.39, 0.29) is 10.8 Å². The summed E-state index contributed by atoms with van der Waals surface area (Å²) in [5.41, 5.74) is 1.65. The van der Waals surface area contributed by atoms with Gasteiger partial charge in [-0.1, -0.05) is 29.3 Å². The van der Waals surface area contributed by atoms with E-state index in [0.717, 1.165) is 5.56 Å². The molecule has 0 aliphatic heterocycles. The summed E-state index contributed by atoms with van der Waals surface area (Å²) in [4.78, 5) is 18.9. The maximum Gasteiger partial charge on any atom is 0.270 e. The molecule has 1 aromatic carbocycles. The lowest BCUT2D eigenvalue weighted by Crippen LogP contribution is -2.11. The molecule has 0 spiro atoms. The molecule has 0 bridgehead atoms. The number of hydrogen-bond acceptors (Lipinski definition) is 4. The van der Waals surface area contributed by atoms with Crippen molar-refractivity contribution in [1.82, 2.24) is 9.97 Å². The summed E-state index contributed by atoms with van der Waals surface area (Å²) in [7, 11) is 0. The number of halogens is 2. The van der Waals surface area contributed by atoms with Crippen molar-refractivity contribution < 1.29 is 4.74 Å². The lowest BCUT2D eigenvalue weighted by molar-refractivity contribution is 0.480. The molecule has 0 amide bonds. The van der Waals surface area contributed by atoms with Crippen LogP contribution >= 0.6 is 23.2 Å². The molecule has 1 N–H and O–H groups in total. The zero-order chi connectivity index (χ0) is 18.5. The van der Waals surface area contributed by atoms with Crippen molar-refractivity contribution in [2.75, 3.05) is 0 Å². The minimum atomic E-state index is -0.437. The molecular formula is C19H13Cl2N3O2. The van der Waals surface area contributed by atoms with E-state index >= 15 is 0 Å². The first-order valence-electron chi connectivity index (χ1n) is 7.74. The minimum absolute atomic E-state index is 0.0615. The van der Waals surface area contributed by atoms with E-state index in [0.29, 0.717) is 34.9 Å². The molecule has 0 atom stereocenters. The lowest BCUT2D eigenvalue weighted by Gasteiger charge is -2.10. The summed E-state index contributed by atoms with van der Waals surface area (Å²) < 4.78 is 5.71. The van der Waals surface area contributed by atoms with E-state index in [9.17, 15) is 4.79 Å². The van der Waals surface area contributed by atoms with Crippen molar-refractivity contribution in [2.45, 2.75) is 12.8 Å². The zero-order valence-corrected chi connectivity index (χ0v) is 15.0. The molecule has 5 nitrogen and oxygen atoms in total. The largest absolute Gasteiger partial charge is 0.455 e. The van der Waals surface area contributed by atoms with Crippen LogP contribution in [0.3, 0.4) is 0 Å². The summed E-state index contributed by atoms with van der Waals surface area (Å²) in [5.74, 6) is 0.544. The number of nitriles is 1. The first-order chi connectivity index (χ1) is 12.5. The van der Waals surface area contributed by atoms with Gasteiger partial charge >= 0.3 is 0 Å². The van der Waals surface area contributed by atoms with E-state index < -0.39 is 5.56 Å². The summed E-state index contributed by atoms with van der Waals surface area (Å²) in [6.45, 7) is 0. The fourth-order valence-corrected chi connectivity index (χ4v) is 2.78. The van der Waals surface area contributed by atoms with E-state index in [2.05, 4.69) is 9.97 Å². The lowest BCUT2D eigenvalue weighted by atomic mass is 10.1. The second-order valence-corrected chi connectivity index (χ2v) is 6.37. The zero-order valence-electron chi connectivity index (χ0n) is 13.5. The standard InChI is InChI=1S/C19H13Cl2N3O2/c20-14-6-13(10-22)7-16(8-14)26-17-9-15(24-19(25)18(17)21)4-3-12-2-1-5-23-11-12/h1-2,5-9,11H,3-4H2,(H,24,25). The molecular weight excluding hydrogens is 373 g/mol. The van der Waals surface area contributed by atoms with E-state index in [1.807, 2.05) is 18.2 Å². The number of rotatable bonds is 5. The van der Waals surface area contributed by atoms with Gasteiger partial charge in [0.1, 0.15) is 10.8 Å². The maximum atomic E-state index is 12.1. The molecule has 3 aromatic rings. The van der Waals surface area contributed by atoms with Crippen LogP contribution in [0.15, 0.2) is 53.6 Å². The summed E-state index contributed by atoms with van der Waals surface area (Å²) in [6.07, 6.45) is 4.79. The van der Waals surface area contributed by atoms with E-state index in [1.165, 1.54) is 12.1 Å². The SMILES string of the molecule is N#Cc1cc(Cl)cc(Oc2cc(CCc3cccnc3)[nH]c(=O)c2Cl)c1. The minimum Gasteiger partial charge on any atom is -0.455 e. The number of benzene rings is 1. The highest BCUT2D eigenvalue weighted by Gasteiger charge is 2.11. The van der Waals surface area contributed by atoms with Gasteiger partial charge in [-0.25, -0.2) is 0 Å². The Hall–Kier alpha value is -2.81. The molecule has 2 aromatic heterocycles. The third-order valence-electron chi connectivity index (χ3n) is 3.63. The highest BCUT2D eigenvalue weighted by molar-refractivity contribution is 6.32. The number of ether oxygens (including phenoxy) is 1. The Balaban J connectivity index is 1.85. The fraction of sp³-hybridized carbons (Fsp3) is 0.105. The highest BCUT2D eigenvalue weighted by atomic mass is 35.5. The smallest absolute Gasteiger partial charge is 0.270 e. The van der Waals surface area contributed by atoms with Crippen molar-refractivity contribution >= 4 is 23.2 Å². The van der Waals surface area contributed by atoms with Crippen molar-refractivity contribution in [3.05, 3.63) is 86.0 Å². The van der Waals surface area contributed by atoms with Crippen molar-refractivity contribution in [3.63, 3.8) is 0 Å². The average molecular weight is 386 g/mol. The van der Waals surface area contributed by atoms with Crippen molar-refractivity contribution in [1.29, 1.82) is 5.26 Å². The quantitative estimate of drug-likeness (QED) is 0.699. The number of aromatic amines is 1. The van der Waals surface area contributed by atoms with Gasteiger partial charge in [0.05, 0.1) is 11.6 Å². The highest BCUT2D eigenvalue weighted by Crippen LogP contribution is 2.30. The molecule has 0 saturated carbocycles. The predicted octanol–water partition coefficient (Wildman–Crippen LogP) is 4.53. The second-order valence-electron chi connectivity index (χ2n) is 5.55. The van der Waals surface area contributed by atoms with Gasteiger partial charge in [0.2, 0.25) is 0 Å². The van der Waals surface area contributed by atoms with Crippen LogP contribution < -0.4 is 10.3 Å². The Bertz CT molecular complexity index is 1030. The molecule has 0 fully saturated rings. The topological polar surface area (TPSA) is 78.8 Å². The average Bonchev–Trinajstić information content (AvgIpc) is 2.64. The maximum absolute atomic E-state index is 12.1. The molecule has 0 unspecified atom stereocenters. The Labute approximate surface area is 159 Å². The molecule has 3 rings (SSSR count). The van der Waals surface area contributed by atoms with Crippen molar-refractivity contribution in [2.24, 2.45) is 0 Å². The first-order valence-corrected chi connectivity index (χ1v) is 8.50. The number of nitrogens with one attached hydrogen (secondary N) is 1. The number of hydrogen-bond donors (Lipinski definition) is 1. The number of nitrogens with zero attached hydrogens (tertiary/aromatic N) is 2. The number of pyridine rings is 2. The van der Waals surface area contributed by atoms with Gasteiger partial charge in [-0.3, -0.25) is 9.78 Å². The Morgan fingerprint density at radius 2 is 2.04 bits per heavy atom. The number of aromatic nitrogens is 2. The molecule has 2 heterocycles. The van der Waals surface area contributed by atoms with Crippen LogP contribution in [0.4, 0.5) is 0 Å². The van der Waals surface area contributed by atoms with Gasteiger partial charge in [0, 0.05) is 29.2 Å². The van der Waals surface area contributed by atoms with Gasteiger partial charge in [-0.05, 0) is 42.7 Å². The summed E-state index contributed by atoms with van der Waals surface area (Å²) >= 11 is 12.0. The van der Waals surface area contributed by atoms with Crippen LogP contribution in [0.1, 0.15) is 16.8 Å². The molecule has 7 heteroatoms. The molecule has 26 heavy (non-hydrogen) atoms. The third-order valence-corrected chi connectivity index (χ3v) is 4.21. The molecule has 0 saturated heterocycles. The van der Waals surface area contributed by atoms with Crippen LogP contribution in [0.25, 0.3) is 0 Å². The van der Waals surface area contributed by atoms with Crippen LogP contribution in [0.5, 0.6) is 11.5 Å².